The Labute approximate surface area is 152 Å². The molecule has 1 aromatic rings. The maximum atomic E-state index is 12.0. The number of halogens is 1. The van der Waals surface area contributed by atoms with Crippen molar-refractivity contribution in [3.05, 3.63) is 29.8 Å². The lowest BCUT2D eigenvalue weighted by atomic mass is 10.0. The number of nitrogens with one attached hydrogen (secondary N) is 2. The molecule has 1 fully saturated rings. The average Bonchev–Trinajstić information content (AvgIpc) is 3.05. The van der Waals surface area contributed by atoms with Crippen LogP contribution in [-0.2, 0) is 26.1 Å². The summed E-state index contributed by atoms with van der Waals surface area (Å²) < 4.78 is 16.8. The number of rotatable bonds is 9. The number of anilines is 1. The molecule has 1 aliphatic rings. The number of hydrogen-bond acceptors (Lipinski definition) is 4. The van der Waals surface area contributed by atoms with Crippen LogP contribution in [0.3, 0.4) is 0 Å². The summed E-state index contributed by atoms with van der Waals surface area (Å²) in [6.07, 6.45) is 2.64. The normalized spacial score (nSPS) is 18.0. The molecule has 0 spiro atoms. The van der Waals surface area contributed by atoms with Gasteiger partial charge in [-0.15, -0.1) is 12.4 Å². The van der Waals surface area contributed by atoms with Crippen LogP contribution in [0.5, 0.6) is 0 Å². The lowest BCUT2D eigenvalue weighted by Crippen LogP contribution is -2.15. The standard InChI is InChI=1S/C17H26N2O3S.ClH/c1-22-9-10-23(21)13-15-3-2-4-16(11-15)19-17(20)6-5-14-7-8-18-12-14;/h2-4,11,14,18H,5-10,12-13H2,1H3,(H,19,20);1H. The van der Waals surface area contributed by atoms with Gasteiger partial charge in [-0.25, -0.2) is 0 Å². The molecule has 2 rings (SSSR count). The van der Waals surface area contributed by atoms with Crippen molar-refractivity contribution in [2.24, 2.45) is 5.92 Å². The molecule has 2 N–H and O–H groups in total. The third kappa shape index (κ3) is 7.75. The van der Waals surface area contributed by atoms with Gasteiger partial charge >= 0.3 is 0 Å². The van der Waals surface area contributed by atoms with Crippen molar-refractivity contribution >= 4 is 34.8 Å². The molecule has 1 saturated heterocycles. The predicted octanol–water partition coefficient (Wildman–Crippen LogP) is 2.33. The van der Waals surface area contributed by atoms with Crippen molar-refractivity contribution in [1.29, 1.82) is 0 Å². The zero-order valence-electron chi connectivity index (χ0n) is 14.1. The molecule has 0 aromatic heterocycles. The van der Waals surface area contributed by atoms with E-state index in [0.29, 0.717) is 30.5 Å². The number of carbonyl (C=O) groups is 1. The van der Waals surface area contributed by atoms with Gasteiger partial charge in [-0.3, -0.25) is 9.00 Å². The van der Waals surface area contributed by atoms with E-state index in [2.05, 4.69) is 10.6 Å². The van der Waals surface area contributed by atoms with Crippen LogP contribution >= 0.6 is 12.4 Å². The van der Waals surface area contributed by atoms with Gasteiger partial charge in [0.1, 0.15) is 0 Å². The minimum absolute atomic E-state index is 0. The zero-order valence-corrected chi connectivity index (χ0v) is 15.7. The van der Waals surface area contributed by atoms with Crippen molar-refractivity contribution in [3.63, 3.8) is 0 Å². The van der Waals surface area contributed by atoms with Crippen LogP contribution in [0.1, 0.15) is 24.8 Å². The van der Waals surface area contributed by atoms with Crippen LogP contribution in [0.15, 0.2) is 24.3 Å². The summed E-state index contributed by atoms with van der Waals surface area (Å²) in [5.74, 6) is 1.69. The number of methoxy groups -OCH3 is 1. The Morgan fingerprint density at radius 2 is 2.29 bits per heavy atom. The minimum Gasteiger partial charge on any atom is -0.384 e. The molecule has 2 unspecified atom stereocenters. The molecule has 7 heteroatoms. The lowest BCUT2D eigenvalue weighted by Gasteiger charge is -2.10. The van der Waals surface area contributed by atoms with E-state index in [-0.39, 0.29) is 18.3 Å². The lowest BCUT2D eigenvalue weighted by molar-refractivity contribution is -0.116. The monoisotopic (exact) mass is 374 g/mol. The first-order valence-corrected chi connectivity index (χ1v) is 9.59. The molecule has 5 nitrogen and oxygen atoms in total. The highest BCUT2D eigenvalue weighted by Gasteiger charge is 2.15. The van der Waals surface area contributed by atoms with Crippen LogP contribution < -0.4 is 10.6 Å². The highest BCUT2D eigenvalue weighted by Crippen LogP contribution is 2.16. The van der Waals surface area contributed by atoms with Crippen LogP contribution in [0.4, 0.5) is 5.69 Å². The van der Waals surface area contributed by atoms with Crippen molar-refractivity contribution in [3.8, 4) is 0 Å². The van der Waals surface area contributed by atoms with Gasteiger partial charge in [-0.2, -0.15) is 0 Å². The van der Waals surface area contributed by atoms with E-state index >= 15 is 0 Å². The van der Waals surface area contributed by atoms with E-state index in [1.165, 1.54) is 0 Å². The summed E-state index contributed by atoms with van der Waals surface area (Å²) in [6.45, 7) is 2.59. The Balaban J connectivity index is 0.00000288. The second-order valence-corrected chi connectivity index (χ2v) is 7.50. The maximum Gasteiger partial charge on any atom is 0.224 e. The molecule has 1 amide bonds. The Hall–Kier alpha value is -0.950. The fourth-order valence-corrected chi connectivity index (χ4v) is 3.74. The SMILES string of the molecule is COCCS(=O)Cc1cccc(NC(=O)CCC2CCNC2)c1.Cl. The highest BCUT2D eigenvalue weighted by atomic mass is 35.5. The Bertz CT molecular complexity index is 536. The smallest absolute Gasteiger partial charge is 0.224 e. The van der Waals surface area contributed by atoms with Crippen molar-refractivity contribution in [2.45, 2.75) is 25.0 Å². The molecule has 1 aliphatic heterocycles. The number of amides is 1. The molecule has 136 valence electrons. The van der Waals surface area contributed by atoms with Gasteiger partial charge in [0, 0.05) is 41.5 Å². The molecule has 0 bridgehead atoms. The zero-order chi connectivity index (χ0) is 16.5. The first-order valence-electron chi connectivity index (χ1n) is 8.11. The fraction of sp³-hybridized carbons (Fsp3) is 0.588. The second-order valence-electron chi connectivity index (χ2n) is 5.93. The van der Waals surface area contributed by atoms with Crippen LogP contribution in [-0.4, -0.2) is 42.7 Å². The van der Waals surface area contributed by atoms with E-state index in [1.807, 2.05) is 24.3 Å². The number of benzene rings is 1. The summed E-state index contributed by atoms with van der Waals surface area (Å²) in [5, 5.41) is 6.26. The molecule has 0 radical (unpaired) electrons. The maximum absolute atomic E-state index is 12.0. The van der Waals surface area contributed by atoms with E-state index in [0.717, 1.165) is 37.2 Å². The summed E-state index contributed by atoms with van der Waals surface area (Å²) in [5.41, 5.74) is 1.75. The summed E-state index contributed by atoms with van der Waals surface area (Å²) >= 11 is 0. The fourth-order valence-electron chi connectivity index (χ4n) is 2.69. The molecular weight excluding hydrogens is 348 g/mol. The van der Waals surface area contributed by atoms with Crippen molar-refractivity contribution < 1.29 is 13.7 Å². The molecule has 1 heterocycles. The van der Waals surface area contributed by atoms with Gasteiger partial charge < -0.3 is 15.4 Å². The van der Waals surface area contributed by atoms with Crippen LogP contribution in [0, 0.1) is 5.92 Å². The highest BCUT2D eigenvalue weighted by molar-refractivity contribution is 7.84. The van der Waals surface area contributed by atoms with Gasteiger partial charge in [0.2, 0.25) is 5.91 Å². The summed E-state index contributed by atoms with van der Waals surface area (Å²) in [6, 6.07) is 7.60. The van der Waals surface area contributed by atoms with Gasteiger partial charge in [-0.1, -0.05) is 12.1 Å². The molecule has 0 saturated carbocycles. The Morgan fingerprint density at radius 1 is 1.46 bits per heavy atom. The number of ether oxygens (including phenoxy) is 1. The van der Waals surface area contributed by atoms with E-state index in [9.17, 15) is 9.00 Å². The largest absolute Gasteiger partial charge is 0.384 e. The second kappa shape index (κ2) is 11.6. The minimum atomic E-state index is -0.942. The summed E-state index contributed by atoms with van der Waals surface area (Å²) in [4.78, 5) is 12.0. The van der Waals surface area contributed by atoms with E-state index in [4.69, 9.17) is 4.74 Å². The molecule has 2 atom stereocenters. The molecular formula is C17H27ClN2O3S. The van der Waals surface area contributed by atoms with Crippen molar-refractivity contribution in [2.75, 3.05) is 37.9 Å². The molecule has 0 aliphatic carbocycles. The van der Waals surface area contributed by atoms with Crippen molar-refractivity contribution in [1.82, 2.24) is 5.32 Å². The number of carbonyl (C=O) groups excluding carboxylic acids is 1. The van der Waals surface area contributed by atoms with E-state index in [1.54, 1.807) is 7.11 Å². The van der Waals surface area contributed by atoms with Gasteiger partial charge in [0.15, 0.2) is 0 Å². The Morgan fingerprint density at radius 3 is 3.00 bits per heavy atom. The number of hydrogen-bond donors (Lipinski definition) is 2. The topological polar surface area (TPSA) is 67.4 Å². The van der Waals surface area contributed by atoms with Gasteiger partial charge in [-0.05, 0) is 49.5 Å². The first kappa shape index (κ1) is 21.1. The van der Waals surface area contributed by atoms with Crippen LogP contribution in [0.2, 0.25) is 0 Å². The molecule has 1 aromatic carbocycles. The van der Waals surface area contributed by atoms with Gasteiger partial charge in [0.25, 0.3) is 0 Å². The Kier molecular flexibility index (Phi) is 10.2. The summed E-state index contributed by atoms with van der Waals surface area (Å²) in [7, 11) is 0.664. The van der Waals surface area contributed by atoms with Gasteiger partial charge in [0.05, 0.1) is 6.61 Å². The first-order chi connectivity index (χ1) is 11.2. The van der Waals surface area contributed by atoms with E-state index < -0.39 is 10.8 Å². The quantitative estimate of drug-likeness (QED) is 0.696. The molecule has 24 heavy (non-hydrogen) atoms. The third-order valence-corrected chi connectivity index (χ3v) is 5.27. The third-order valence-electron chi connectivity index (χ3n) is 4.00. The predicted molar refractivity (Wildman–Crippen MR) is 101 cm³/mol. The van der Waals surface area contributed by atoms with Crippen LogP contribution in [0.25, 0.3) is 0 Å². The average molecular weight is 375 g/mol.